The molecule has 0 aliphatic rings. The summed E-state index contributed by atoms with van der Waals surface area (Å²) in [7, 11) is 0. The molecule has 2 heterocycles. The molecule has 0 bridgehead atoms. The Morgan fingerprint density at radius 3 is 2.91 bits per heavy atom. The van der Waals surface area contributed by atoms with Gasteiger partial charge < -0.3 is 4.42 Å². The first-order valence-electron chi connectivity index (χ1n) is 3.18. The van der Waals surface area contributed by atoms with E-state index in [0.29, 0.717) is 5.89 Å². The van der Waals surface area contributed by atoms with E-state index in [2.05, 4.69) is 9.97 Å². The van der Waals surface area contributed by atoms with Gasteiger partial charge in [0.2, 0.25) is 0 Å². The zero-order chi connectivity index (χ0) is 7.68. The van der Waals surface area contributed by atoms with E-state index in [1.54, 1.807) is 23.8 Å². The number of rotatable bonds is 1. The molecule has 0 unspecified atom stereocenters. The van der Waals surface area contributed by atoms with Crippen LogP contribution >= 0.6 is 11.3 Å². The fraction of sp³-hybridized carbons (Fsp3) is 0.143. The third kappa shape index (κ3) is 1.17. The molecule has 0 radical (unpaired) electrons. The molecule has 0 fully saturated rings. The van der Waals surface area contributed by atoms with E-state index in [9.17, 15) is 0 Å². The van der Waals surface area contributed by atoms with Crippen molar-refractivity contribution in [2.24, 2.45) is 0 Å². The Bertz CT molecular complexity index is 339. The van der Waals surface area contributed by atoms with Crippen molar-refractivity contribution in [3.05, 3.63) is 23.5 Å². The fourth-order valence-corrected chi connectivity index (χ4v) is 1.49. The standard InChI is InChI=1S/C7H6N2OS/c1-5-4-9-7(11-5)6-8-2-3-10-6/h2-4H,1H3. The number of aryl methyl sites for hydroxylation is 1. The van der Waals surface area contributed by atoms with Gasteiger partial charge >= 0.3 is 0 Å². The van der Waals surface area contributed by atoms with E-state index in [-0.39, 0.29) is 0 Å². The minimum atomic E-state index is 0.600. The SMILES string of the molecule is Cc1cnc(-c2ncco2)s1. The molecular weight excluding hydrogens is 160 g/mol. The van der Waals surface area contributed by atoms with Gasteiger partial charge in [-0.3, -0.25) is 0 Å². The molecule has 0 aromatic carbocycles. The number of hydrogen-bond acceptors (Lipinski definition) is 4. The molecule has 0 aliphatic heterocycles. The van der Waals surface area contributed by atoms with Crippen molar-refractivity contribution in [3.63, 3.8) is 0 Å². The Morgan fingerprint density at radius 2 is 2.36 bits per heavy atom. The smallest absolute Gasteiger partial charge is 0.255 e. The highest BCUT2D eigenvalue weighted by atomic mass is 32.1. The van der Waals surface area contributed by atoms with Crippen LogP contribution in [0, 0.1) is 6.92 Å². The minimum Gasteiger partial charge on any atom is -0.443 e. The summed E-state index contributed by atoms with van der Waals surface area (Å²) < 4.78 is 5.07. The fourth-order valence-electron chi connectivity index (χ4n) is 0.783. The molecule has 11 heavy (non-hydrogen) atoms. The molecular formula is C7H6N2OS. The van der Waals surface area contributed by atoms with Crippen molar-refractivity contribution in [2.45, 2.75) is 6.92 Å². The van der Waals surface area contributed by atoms with Crippen molar-refractivity contribution >= 4 is 11.3 Å². The molecule has 2 aromatic heterocycles. The van der Waals surface area contributed by atoms with Crippen LogP contribution in [-0.4, -0.2) is 9.97 Å². The van der Waals surface area contributed by atoms with Gasteiger partial charge in [-0.1, -0.05) is 0 Å². The van der Waals surface area contributed by atoms with Crippen molar-refractivity contribution in [1.82, 2.24) is 9.97 Å². The Labute approximate surface area is 67.7 Å². The van der Waals surface area contributed by atoms with E-state index in [4.69, 9.17) is 4.42 Å². The Kier molecular flexibility index (Phi) is 1.47. The highest BCUT2D eigenvalue weighted by Gasteiger charge is 2.05. The summed E-state index contributed by atoms with van der Waals surface area (Å²) in [6.45, 7) is 2.00. The lowest BCUT2D eigenvalue weighted by molar-refractivity contribution is 0.574. The second-order valence-electron chi connectivity index (χ2n) is 2.11. The van der Waals surface area contributed by atoms with Crippen LogP contribution in [-0.2, 0) is 0 Å². The number of hydrogen-bond donors (Lipinski definition) is 0. The summed E-state index contributed by atoms with van der Waals surface area (Å²) in [6.07, 6.45) is 4.97. The second-order valence-corrected chi connectivity index (χ2v) is 3.35. The predicted octanol–water partition coefficient (Wildman–Crippen LogP) is 2.11. The van der Waals surface area contributed by atoms with Crippen LogP contribution in [0.25, 0.3) is 10.9 Å². The molecule has 0 aliphatic carbocycles. The molecule has 4 heteroatoms. The lowest BCUT2D eigenvalue weighted by Crippen LogP contribution is -1.70. The van der Waals surface area contributed by atoms with Gasteiger partial charge in [-0.2, -0.15) is 0 Å². The first-order valence-corrected chi connectivity index (χ1v) is 4.00. The summed E-state index contributed by atoms with van der Waals surface area (Å²) in [5.41, 5.74) is 0. The summed E-state index contributed by atoms with van der Waals surface area (Å²) >= 11 is 1.58. The van der Waals surface area contributed by atoms with Crippen molar-refractivity contribution in [2.75, 3.05) is 0 Å². The van der Waals surface area contributed by atoms with Crippen LogP contribution in [0.5, 0.6) is 0 Å². The summed E-state index contributed by atoms with van der Waals surface area (Å²) in [4.78, 5) is 9.27. The molecule has 3 nitrogen and oxygen atoms in total. The van der Waals surface area contributed by atoms with Gasteiger partial charge in [0.25, 0.3) is 5.89 Å². The Balaban J connectivity index is 2.45. The predicted molar refractivity (Wildman–Crippen MR) is 42.3 cm³/mol. The first kappa shape index (κ1) is 6.54. The molecule has 0 saturated carbocycles. The topological polar surface area (TPSA) is 38.9 Å². The molecule has 2 rings (SSSR count). The number of thiazole rings is 1. The van der Waals surface area contributed by atoms with Crippen LogP contribution in [0.3, 0.4) is 0 Å². The third-order valence-electron chi connectivity index (χ3n) is 1.24. The van der Waals surface area contributed by atoms with Crippen LogP contribution in [0.15, 0.2) is 23.1 Å². The van der Waals surface area contributed by atoms with Crippen LogP contribution in [0.2, 0.25) is 0 Å². The molecule has 0 spiro atoms. The second kappa shape index (κ2) is 2.47. The average Bonchev–Trinajstić information content (AvgIpc) is 2.55. The third-order valence-corrected chi connectivity index (χ3v) is 2.14. The van der Waals surface area contributed by atoms with Gasteiger partial charge in [-0.25, -0.2) is 9.97 Å². The molecule has 0 atom stereocenters. The van der Waals surface area contributed by atoms with Crippen molar-refractivity contribution in [3.8, 4) is 10.9 Å². The first-order chi connectivity index (χ1) is 5.36. The van der Waals surface area contributed by atoms with Gasteiger partial charge in [0.15, 0.2) is 5.01 Å². The molecule has 56 valence electrons. The summed E-state index contributed by atoms with van der Waals surface area (Å²) in [5, 5.41) is 0.840. The zero-order valence-electron chi connectivity index (χ0n) is 5.94. The Morgan fingerprint density at radius 1 is 1.45 bits per heavy atom. The molecule has 0 saturated heterocycles. The monoisotopic (exact) mass is 166 g/mol. The highest BCUT2D eigenvalue weighted by molar-refractivity contribution is 7.14. The normalized spacial score (nSPS) is 10.3. The van der Waals surface area contributed by atoms with E-state index >= 15 is 0 Å². The van der Waals surface area contributed by atoms with E-state index < -0.39 is 0 Å². The number of oxazole rings is 1. The maximum Gasteiger partial charge on any atom is 0.255 e. The van der Waals surface area contributed by atoms with E-state index in [0.717, 1.165) is 5.01 Å². The lowest BCUT2D eigenvalue weighted by Gasteiger charge is -1.82. The molecule has 0 amide bonds. The van der Waals surface area contributed by atoms with Gasteiger partial charge in [0.05, 0.1) is 6.20 Å². The lowest BCUT2D eigenvalue weighted by atomic mass is 10.6. The summed E-state index contributed by atoms with van der Waals surface area (Å²) in [5.74, 6) is 0.600. The maximum absolute atomic E-state index is 5.07. The van der Waals surface area contributed by atoms with Crippen molar-refractivity contribution in [1.29, 1.82) is 0 Å². The average molecular weight is 166 g/mol. The maximum atomic E-state index is 5.07. The minimum absolute atomic E-state index is 0.600. The van der Waals surface area contributed by atoms with E-state index in [1.807, 2.05) is 13.1 Å². The summed E-state index contributed by atoms with van der Waals surface area (Å²) in [6, 6.07) is 0. The van der Waals surface area contributed by atoms with Gasteiger partial charge in [0, 0.05) is 11.1 Å². The van der Waals surface area contributed by atoms with Gasteiger partial charge in [0.1, 0.15) is 6.26 Å². The number of nitrogens with zero attached hydrogens (tertiary/aromatic N) is 2. The van der Waals surface area contributed by atoms with Gasteiger partial charge in [-0.05, 0) is 6.92 Å². The molecule has 2 aromatic rings. The number of aromatic nitrogens is 2. The van der Waals surface area contributed by atoms with E-state index in [1.165, 1.54) is 4.88 Å². The Hall–Kier alpha value is -1.16. The van der Waals surface area contributed by atoms with Crippen LogP contribution in [0.1, 0.15) is 4.88 Å². The van der Waals surface area contributed by atoms with Crippen LogP contribution in [0.4, 0.5) is 0 Å². The van der Waals surface area contributed by atoms with Crippen LogP contribution < -0.4 is 0 Å². The van der Waals surface area contributed by atoms with Gasteiger partial charge in [-0.15, -0.1) is 11.3 Å². The quantitative estimate of drug-likeness (QED) is 0.651. The molecule has 0 N–H and O–H groups in total. The zero-order valence-corrected chi connectivity index (χ0v) is 6.76. The largest absolute Gasteiger partial charge is 0.443 e. The highest BCUT2D eigenvalue weighted by Crippen LogP contribution is 2.22. The van der Waals surface area contributed by atoms with Crippen molar-refractivity contribution < 1.29 is 4.42 Å².